The van der Waals surface area contributed by atoms with Gasteiger partial charge < -0.3 is 16.6 Å². The van der Waals surface area contributed by atoms with Crippen LogP contribution in [0.2, 0.25) is 0 Å². The second-order valence-electron chi connectivity index (χ2n) is 3.83. The van der Waals surface area contributed by atoms with Crippen LogP contribution in [0.15, 0.2) is 0 Å². The minimum atomic E-state index is -1.77. The Morgan fingerprint density at radius 1 is 1.28 bits per heavy atom. The summed E-state index contributed by atoms with van der Waals surface area (Å²) in [6, 6.07) is -0.716. The third kappa shape index (κ3) is 10.6. The van der Waals surface area contributed by atoms with E-state index >= 15 is 0 Å². The van der Waals surface area contributed by atoms with Crippen molar-refractivity contribution in [3.8, 4) is 0 Å². The molecule has 0 radical (unpaired) electrons. The van der Waals surface area contributed by atoms with Crippen LogP contribution in [-0.4, -0.2) is 36.9 Å². The van der Waals surface area contributed by atoms with Crippen molar-refractivity contribution in [2.75, 3.05) is 19.8 Å². The highest BCUT2D eigenvalue weighted by atomic mass is 31.1. The summed E-state index contributed by atoms with van der Waals surface area (Å²) in [5, 5.41) is 8.33. The number of carboxylic acid groups (broad SMARTS) is 1. The number of aliphatic carboxylic acids is 1. The molecule has 0 saturated carbocycles. The maximum Gasteiger partial charge on any atom is 0.697 e. The van der Waals surface area contributed by atoms with Crippen LogP contribution in [0, 0.1) is 0 Å². The fourth-order valence-corrected chi connectivity index (χ4v) is 1.78. The molecule has 5 N–H and O–H groups in total. The van der Waals surface area contributed by atoms with Crippen LogP contribution in [0.1, 0.15) is 32.1 Å². The molecule has 18 heavy (non-hydrogen) atoms. The summed E-state index contributed by atoms with van der Waals surface area (Å²) in [6.07, 6.45) is 4.08. The number of carbonyl (C=O) groups is 1. The lowest BCUT2D eigenvalue weighted by Crippen LogP contribution is -2.29. The molecule has 7 nitrogen and oxygen atoms in total. The first-order chi connectivity index (χ1) is 8.57. The first kappa shape index (κ1) is 17.4. The van der Waals surface area contributed by atoms with Gasteiger partial charge in [-0.1, -0.05) is 6.42 Å². The maximum atomic E-state index is 10.4. The standard InChI is InChI=1S/C6H14N2O2.C4H8O3P/c7-4-2-1-3-5(8)6(9)10;5-8-6-3-1-2-4-7-8/h5H,1-4,7-8H2,(H,9,10);1-4H2/q;+1/t5-;/m0./s1. The summed E-state index contributed by atoms with van der Waals surface area (Å²) in [6.45, 7) is 1.76. The van der Waals surface area contributed by atoms with Gasteiger partial charge in [-0.2, -0.15) is 0 Å². The zero-order chi connectivity index (χ0) is 13.8. The lowest BCUT2D eigenvalue weighted by Gasteiger charge is -2.03. The van der Waals surface area contributed by atoms with E-state index in [2.05, 4.69) is 9.05 Å². The molecule has 0 unspecified atom stereocenters. The lowest BCUT2D eigenvalue weighted by molar-refractivity contribution is -0.138. The number of carboxylic acids is 1. The molecule has 1 rings (SSSR count). The normalized spacial score (nSPS) is 17.3. The fraction of sp³-hybridized carbons (Fsp3) is 0.900. The van der Waals surface area contributed by atoms with Crippen molar-refractivity contribution >= 4 is 14.2 Å². The van der Waals surface area contributed by atoms with E-state index in [1.165, 1.54) is 0 Å². The molecule has 0 aromatic heterocycles. The molecular weight excluding hydrogens is 259 g/mol. The second kappa shape index (κ2) is 11.5. The van der Waals surface area contributed by atoms with Gasteiger partial charge >= 0.3 is 14.2 Å². The molecule has 1 aliphatic rings. The van der Waals surface area contributed by atoms with Crippen LogP contribution in [-0.2, 0) is 18.4 Å². The van der Waals surface area contributed by atoms with Crippen LogP contribution in [0.25, 0.3) is 0 Å². The Morgan fingerprint density at radius 2 is 1.83 bits per heavy atom. The molecule has 0 amide bonds. The van der Waals surface area contributed by atoms with Crippen molar-refractivity contribution < 1.29 is 23.5 Å². The van der Waals surface area contributed by atoms with E-state index in [4.69, 9.17) is 16.6 Å². The molecule has 0 aliphatic carbocycles. The van der Waals surface area contributed by atoms with Crippen molar-refractivity contribution in [1.82, 2.24) is 0 Å². The van der Waals surface area contributed by atoms with Gasteiger partial charge in [-0.3, -0.25) is 4.79 Å². The topological polar surface area (TPSA) is 125 Å². The smallest absolute Gasteiger partial charge is 0.480 e. The monoisotopic (exact) mass is 281 g/mol. The Kier molecular flexibility index (Phi) is 11.1. The molecule has 1 atom stereocenters. The Labute approximate surface area is 108 Å². The highest BCUT2D eigenvalue weighted by Gasteiger charge is 2.21. The average molecular weight is 281 g/mol. The molecular formula is C10H22N2O5P+. The van der Waals surface area contributed by atoms with Crippen LogP contribution in [0.3, 0.4) is 0 Å². The van der Waals surface area contributed by atoms with Crippen molar-refractivity contribution in [3.05, 3.63) is 0 Å². The van der Waals surface area contributed by atoms with Gasteiger partial charge in [-0.25, -0.2) is 0 Å². The van der Waals surface area contributed by atoms with E-state index in [9.17, 15) is 9.36 Å². The first-order valence-electron chi connectivity index (χ1n) is 5.99. The van der Waals surface area contributed by atoms with Crippen LogP contribution in [0.5, 0.6) is 0 Å². The van der Waals surface area contributed by atoms with Gasteiger partial charge in [-0.05, 0) is 32.2 Å². The largest absolute Gasteiger partial charge is 0.697 e. The third-order valence-corrected chi connectivity index (χ3v) is 3.01. The van der Waals surface area contributed by atoms with E-state index < -0.39 is 20.3 Å². The Hall–Kier alpha value is -0.590. The summed E-state index contributed by atoms with van der Waals surface area (Å²) in [5.74, 6) is -0.933. The number of hydrogen-bond acceptors (Lipinski definition) is 6. The van der Waals surface area contributed by atoms with E-state index in [1.807, 2.05) is 0 Å². The number of unbranched alkanes of at least 4 members (excludes halogenated alkanes) is 1. The van der Waals surface area contributed by atoms with Gasteiger partial charge in [0.05, 0.1) is 0 Å². The molecule has 1 aliphatic heterocycles. The van der Waals surface area contributed by atoms with Gasteiger partial charge in [0, 0.05) is 4.57 Å². The van der Waals surface area contributed by atoms with Gasteiger partial charge in [0.2, 0.25) is 0 Å². The second-order valence-corrected chi connectivity index (χ2v) is 4.79. The first-order valence-corrected chi connectivity index (χ1v) is 7.09. The van der Waals surface area contributed by atoms with E-state index in [0.717, 1.165) is 25.7 Å². The summed E-state index contributed by atoms with van der Waals surface area (Å²) < 4.78 is 19.8. The van der Waals surface area contributed by atoms with Crippen molar-refractivity contribution in [3.63, 3.8) is 0 Å². The number of nitrogens with two attached hydrogens (primary N) is 2. The predicted molar refractivity (Wildman–Crippen MR) is 67.3 cm³/mol. The SMILES string of the molecule is NCCCC[C@H](N)C(=O)O.O=[P+]1OCCCCO1. The molecule has 0 spiro atoms. The molecule has 8 heteroatoms. The van der Waals surface area contributed by atoms with Gasteiger partial charge in [0.15, 0.2) is 0 Å². The lowest BCUT2D eigenvalue weighted by atomic mass is 10.1. The summed E-state index contributed by atoms with van der Waals surface area (Å²) in [4.78, 5) is 10.1. The minimum Gasteiger partial charge on any atom is -0.480 e. The molecule has 1 saturated heterocycles. The number of rotatable bonds is 5. The Balaban J connectivity index is 0.000000327. The summed E-state index contributed by atoms with van der Waals surface area (Å²) >= 11 is 0. The summed E-state index contributed by atoms with van der Waals surface area (Å²) in [5.41, 5.74) is 10.4. The van der Waals surface area contributed by atoms with E-state index in [-0.39, 0.29) is 0 Å². The average Bonchev–Trinajstić information content (AvgIpc) is 2.58. The van der Waals surface area contributed by atoms with Crippen LogP contribution < -0.4 is 11.5 Å². The predicted octanol–water partition coefficient (Wildman–Crippen LogP) is 0.998. The minimum absolute atomic E-state index is 0.520. The Bertz CT molecular complexity index is 242. The molecule has 0 bridgehead atoms. The van der Waals surface area contributed by atoms with Gasteiger partial charge in [-0.15, -0.1) is 9.05 Å². The zero-order valence-electron chi connectivity index (χ0n) is 10.4. The molecule has 1 fully saturated rings. The quantitative estimate of drug-likeness (QED) is 0.507. The van der Waals surface area contributed by atoms with Crippen LogP contribution in [0.4, 0.5) is 0 Å². The zero-order valence-corrected chi connectivity index (χ0v) is 11.3. The number of hydrogen-bond donors (Lipinski definition) is 3. The van der Waals surface area contributed by atoms with Crippen LogP contribution >= 0.6 is 8.25 Å². The third-order valence-electron chi connectivity index (χ3n) is 2.22. The molecule has 106 valence electrons. The van der Waals surface area contributed by atoms with Crippen molar-refractivity contribution in [1.29, 1.82) is 0 Å². The van der Waals surface area contributed by atoms with Gasteiger partial charge in [0.25, 0.3) is 0 Å². The summed E-state index contributed by atoms with van der Waals surface area (Å²) in [7, 11) is -1.77. The van der Waals surface area contributed by atoms with Crippen molar-refractivity contribution in [2.24, 2.45) is 11.5 Å². The molecule has 1 heterocycles. The van der Waals surface area contributed by atoms with E-state index in [0.29, 0.717) is 26.2 Å². The fourth-order valence-electron chi connectivity index (χ4n) is 1.15. The Morgan fingerprint density at radius 3 is 2.28 bits per heavy atom. The highest BCUT2D eigenvalue weighted by Crippen LogP contribution is 2.26. The van der Waals surface area contributed by atoms with E-state index in [1.54, 1.807) is 0 Å². The van der Waals surface area contributed by atoms with Crippen molar-refractivity contribution in [2.45, 2.75) is 38.1 Å². The van der Waals surface area contributed by atoms with Gasteiger partial charge in [0.1, 0.15) is 19.3 Å². The molecule has 0 aromatic carbocycles. The highest BCUT2D eigenvalue weighted by molar-refractivity contribution is 7.33. The molecule has 0 aromatic rings. The maximum absolute atomic E-state index is 10.4.